The zero-order valence-electron chi connectivity index (χ0n) is 6.72. The summed E-state index contributed by atoms with van der Waals surface area (Å²) in [5.74, 6) is -0.787. The van der Waals surface area contributed by atoms with Crippen LogP contribution in [0.4, 0.5) is 0 Å². The third kappa shape index (κ3) is 2.82. The van der Waals surface area contributed by atoms with Crippen molar-refractivity contribution >= 4 is 5.97 Å². The van der Waals surface area contributed by atoms with Crippen molar-refractivity contribution in [1.82, 2.24) is 0 Å². The molecule has 3 N–H and O–H groups in total. The van der Waals surface area contributed by atoms with Crippen LogP contribution >= 0.6 is 0 Å². The number of hydrogen-bond acceptors (Lipinski definition) is 2. The molecule has 3 nitrogen and oxygen atoms in total. The summed E-state index contributed by atoms with van der Waals surface area (Å²) in [6, 6.07) is -0.0499. The zero-order chi connectivity index (χ0) is 8.36. The summed E-state index contributed by atoms with van der Waals surface area (Å²) in [6.07, 6.45) is 0.516. The predicted octanol–water partition coefficient (Wildman–Crippen LogP) is 0.835. The van der Waals surface area contributed by atoms with Gasteiger partial charge in [0.1, 0.15) is 0 Å². The standard InChI is InChI=1S/C7H15NO2/c1-5(8)4-7(2,3)6(9)10/h5H,4,8H2,1-3H3,(H,9,10). The van der Waals surface area contributed by atoms with Gasteiger partial charge in [-0.15, -0.1) is 0 Å². The van der Waals surface area contributed by atoms with Crippen LogP contribution in [-0.2, 0) is 4.79 Å². The van der Waals surface area contributed by atoms with Gasteiger partial charge in [0.2, 0.25) is 0 Å². The summed E-state index contributed by atoms with van der Waals surface area (Å²) < 4.78 is 0. The molecule has 0 bridgehead atoms. The Labute approximate surface area is 61.2 Å². The number of carboxylic acid groups (broad SMARTS) is 1. The normalized spacial score (nSPS) is 14.8. The van der Waals surface area contributed by atoms with E-state index in [0.717, 1.165) is 0 Å². The highest BCUT2D eigenvalue weighted by Gasteiger charge is 2.27. The molecule has 3 heteroatoms. The highest BCUT2D eigenvalue weighted by atomic mass is 16.4. The Morgan fingerprint density at radius 1 is 1.70 bits per heavy atom. The number of rotatable bonds is 3. The van der Waals surface area contributed by atoms with Crippen molar-refractivity contribution in [3.8, 4) is 0 Å². The molecule has 60 valence electrons. The molecule has 0 amide bonds. The van der Waals surface area contributed by atoms with Crippen molar-refractivity contribution in [3.63, 3.8) is 0 Å². The molecule has 0 radical (unpaired) electrons. The van der Waals surface area contributed by atoms with Gasteiger partial charge in [-0.25, -0.2) is 0 Å². The molecule has 1 atom stereocenters. The second-order valence-corrected chi connectivity index (χ2v) is 3.37. The van der Waals surface area contributed by atoms with Crippen molar-refractivity contribution in [2.75, 3.05) is 0 Å². The summed E-state index contributed by atoms with van der Waals surface area (Å²) >= 11 is 0. The molecule has 0 aliphatic rings. The van der Waals surface area contributed by atoms with Crippen LogP contribution in [0, 0.1) is 5.41 Å². The van der Waals surface area contributed by atoms with Crippen LogP contribution in [0.15, 0.2) is 0 Å². The fourth-order valence-corrected chi connectivity index (χ4v) is 0.892. The molecule has 0 rings (SSSR count). The lowest BCUT2D eigenvalue weighted by Gasteiger charge is -2.20. The molecule has 0 aliphatic carbocycles. The number of carbonyl (C=O) groups is 1. The van der Waals surface area contributed by atoms with Crippen LogP contribution in [0.25, 0.3) is 0 Å². The first kappa shape index (κ1) is 9.43. The fourth-order valence-electron chi connectivity index (χ4n) is 0.892. The first-order valence-corrected chi connectivity index (χ1v) is 3.35. The Bertz CT molecular complexity index is 130. The van der Waals surface area contributed by atoms with E-state index in [0.29, 0.717) is 6.42 Å². The van der Waals surface area contributed by atoms with Crippen LogP contribution < -0.4 is 5.73 Å². The summed E-state index contributed by atoms with van der Waals surface area (Å²) in [5.41, 5.74) is 4.77. The van der Waals surface area contributed by atoms with Crippen molar-refractivity contribution in [2.45, 2.75) is 33.2 Å². The van der Waals surface area contributed by atoms with Crippen LogP contribution in [0.2, 0.25) is 0 Å². The van der Waals surface area contributed by atoms with E-state index >= 15 is 0 Å². The van der Waals surface area contributed by atoms with E-state index in [1.54, 1.807) is 13.8 Å². The minimum absolute atomic E-state index is 0.0499. The molecular formula is C7H15NO2. The van der Waals surface area contributed by atoms with Gasteiger partial charge in [-0.2, -0.15) is 0 Å². The average molecular weight is 145 g/mol. The van der Waals surface area contributed by atoms with Gasteiger partial charge >= 0.3 is 5.97 Å². The third-order valence-corrected chi connectivity index (χ3v) is 1.41. The lowest BCUT2D eigenvalue weighted by Crippen LogP contribution is -2.31. The largest absolute Gasteiger partial charge is 0.481 e. The van der Waals surface area contributed by atoms with Gasteiger partial charge in [0.15, 0.2) is 0 Å². The molecule has 0 aromatic heterocycles. The lowest BCUT2D eigenvalue weighted by atomic mass is 9.87. The molecule has 0 heterocycles. The van der Waals surface area contributed by atoms with E-state index in [2.05, 4.69) is 0 Å². The maximum atomic E-state index is 10.5. The van der Waals surface area contributed by atoms with Crippen LogP contribution in [0.1, 0.15) is 27.2 Å². The molecule has 0 spiro atoms. The van der Waals surface area contributed by atoms with E-state index in [1.807, 2.05) is 6.92 Å². The van der Waals surface area contributed by atoms with Gasteiger partial charge in [-0.1, -0.05) is 0 Å². The Morgan fingerprint density at radius 2 is 2.10 bits per heavy atom. The minimum atomic E-state index is -0.787. The van der Waals surface area contributed by atoms with E-state index < -0.39 is 11.4 Å². The summed E-state index contributed by atoms with van der Waals surface area (Å²) in [7, 11) is 0. The second-order valence-electron chi connectivity index (χ2n) is 3.37. The van der Waals surface area contributed by atoms with Gasteiger partial charge < -0.3 is 10.8 Å². The Morgan fingerprint density at radius 3 is 2.20 bits per heavy atom. The predicted molar refractivity (Wildman–Crippen MR) is 39.7 cm³/mol. The van der Waals surface area contributed by atoms with Crippen LogP contribution in [0.3, 0.4) is 0 Å². The first-order valence-electron chi connectivity index (χ1n) is 3.35. The molecule has 0 aromatic rings. The third-order valence-electron chi connectivity index (χ3n) is 1.41. The number of hydrogen-bond donors (Lipinski definition) is 2. The molecule has 0 aromatic carbocycles. The number of aliphatic carboxylic acids is 1. The number of carboxylic acids is 1. The topological polar surface area (TPSA) is 63.3 Å². The van der Waals surface area contributed by atoms with E-state index in [9.17, 15) is 4.79 Å². The molecular weight excluding hydrogens is 130 g/mol. The van der Waals surface area contributed by atoms with Crippen LogP contribution in [0.5, 0.6) is 0 Å². The molecule has 1 unspecified atom stereocenters. The molecule has 0 fully saturated rings. The van der Waals surface area contributed by atoms with Gasteiger partial charge in [-0.05, 0) is 27.2 Å². The Balaban J connectivity index is 4.00. The number of nitrogens with two attached hydrogens (primary N) is 1. The summed E-state index contributed by atoms with van der Waals surface area (Å²) in [6.45, 7) is 5.17. The Hall–Kier alpha value is -0.570. The van der Waals surface area contributed by atoms with Crippen molar-refractivity contribution in [1.29, 1.82) is 0 Å². The van der Waals surface area contributed by atoms with E-state index in [1.165, 1.54) is 0 Å². The lowest BCUT2D eigenvalue weighted by molar-refractivity contribution is -0.147. The van der Waals surface area contributed by atoms with Crippen molar-refractivity contribution in [2.24, 2.45) is 11.1 Å². The molecule has 0 saturated carbocycles. The molecule has 0 saturated heterocycles. The van der Waals surface area contributed by atoms with Gasteiger partial charge in [0.25, 0.3) is 0 Å². The van der Waals surface area contributed by atoms with Crippen molar-refractivity contribution in [3.05, 3.63) is 0 Å². The SMILES string of the molecule is CC(N)CC(C)(C)C(=O)O. The maximum absolute atomic E-state index is 10.5. The fraction of sp³-hybridized carbons (Fsp3) is 0.857. The zero-order valence-corrected chi connectivity index (χ0v) is 6.72. The maximum Gasteiger partial charge on any atom is 0.309 e. The van der Waals surface area contributed by atoms with E-state index in [4.69, 9.17) is 10.8 Å². The molecule has 0 aliphatic heterocycles. The van der Waals surface area contributed by atoms with Gasteiger partial charge in [-0.3, -0.25) is 4.79 Å². The average Bonchev–Trinajstić information content (AvgIpc) is 1.60. The highest BCUT2D eigenvalue weighted by molar-refractivity contribution is 5.73. The monoisotopic (exact) mass is 145 g/mol. The molecule has 10 heavy (non-hydrogen) atoms. The van der Waals surface area contributed by atoms with Gasteiger partial charge in [0.05, 0.1) is 5.41 Å². The second kappa shape index (κ2) is 3.01. The van der Waals surface area contributed by atoms with Crippen LogP contribution in [-0.4, -0.2) is 17.1 Å². The van der Waals surface area contributed by atoms with Gasteiger partial charge in [0, 0.05) is 6.04 Å². The van der Waals surface area contributed by atoms with Crippen molar-refractivity contribution < 1.29 is 9.90 Å². The minimum Gasteiger partial charge on any atom is -0.481 e. The Kier molecular flexibility index (Phi) is 2.84. The summed E-state index contributed by atoms with van der Waals surface area (Å²) in [4.78, 5) is 10.5. The first-order chi connectivity index (χ1) is 4.36. The summed E-state index contributed by atoms with van der Waals surface area (Å²) in [5, 5.41) is 8.63. The van der Waals surface area contributed by atoms with E-state index in [-0.39, 0.29) is 6.04 Å². The smallest absolute Gasteiger partial charge is 0.309 e. The quantitative estimate of drug-likeness (QED) is 0.618. The highest BCUT2D eigenvalue weighted by Crippen LogP contribution is 2.21.